The molecule has 7 heteroatoms. The van der Waals surface area contributed by atoms with E-state index in [2.05, 4.69) is 11.8 Å². The summed E-state index contributed by atoms with van der Waals surface area (Å²) >= 11 is 6.10. The summed E-state index contributed by atoms with van der Waals surface area (Å²) in [5.41, 5.74) is 2.29. The van der Waals surface area contributed by atoms with Crippen LogP contribution in [-0.2, 0) is 4.79 Å². The first-order chi connectivity index (χ1) is 15.0. The quantitative estimate of drug-likeness (QED) is 0.542. The van der Waals surface area contributed by atoms with Crippen molar-refractivity contribution in [1.82, 2.24) is 4.90 Å². The SMILES string of the molecule is COc1ccc(N2CC=C(c3cccc(Cl)c3)C2=O)cc1OCCN1CCC(C)CC1.Cl. The van der Waals surface area contributed by atoms with E-state index in [4.69, 9.17) is 21.1 Å². The molecule has 2 aromatic carbocycles. The molecule has 5 nitrogen and oxygen atoms in total. The van der Waals surface area contributed by atoms with Gasteiger partial charge in [0, 0.05) is 35.4 Å². The van der Waals surface area contributed by atoms with Crippen molar-refractivity contribution in [1.29, 1.82) is 0 Å². The molecule has 0 N–H and O–H groups in total. The van der Waals surface area contributed by atoms with Crippen molar-refractivity contribution >= 4 is 41.2 Å². The number of piperidine rings is 1. The Morgan fingerprint density at radius 3 is 2.59 bits per heavy atom. The first-order valence-electron chi connectivity index (χ1n) is 10.9. The van der Waals surface area contributed by atoms with E-state index in [1.165, 1.54) is 12.8 Å². The summed E-state index contributed by atoms with van der Waals surface area (Å²) in [4.78, 5) is 17.3. The molecule has 0 spiro atoms. The second-order valence-corrected chi connectivity index (χ2v) is 8.69. The third-order valence-electron chi connectivity index (χ3n) is 6.09. The van der Waals surface area contributed by atoms with E-state index in [-0.39, 0.29) is 18.3 Å². The van der Waals surface area contributed by atoms with Crippen molar-refractivity contribution in [3.05, 3.63) is 59.1 Å². The van der Waals surface area contributed by atoms with Crippen molar-refractivity contribution in [2.75, 3.05) is 44.8 Å². The molecule has 0 atom stereocenters. The molecule has 1 saturated heterocycles. The number of rotatable bonds is 7. The van der Waals surface area contributed by atoms with Crippen LogP contribution < -0.4 is 14.4 Å². The molecule has 2 aromatic rings. The Labute approximate surface area is 201 Å². The minimum atomic E-state index is -0.0409. The highest BCUT2D eigenvalue weighted by Gasteiger charge is 2.27. The van der Waals surface area contributed by atoms with Crippen LogP contribution in [0, 0.1) is 5.92 Å². The Morgan fingerprint density at radius 1 is 1.09 bits per heavy atom. The average Bonchev–Trinajstić information content (AvgIpc) is 3.16. The highest BCUT2D eigenvalue weighted by Crippen LogP contribution is 2.35. The monoisotopic (exact) mass is 476 g/mol. The third kappa shape index (κ3) is 5.58. The maximum Gasteiger partial charge on any atom is 0.258 e. The number of anilines is 1. The second-order valence-electron chi connectivity index (χ2n) is 8.25. The van der Waals surface area contributed by atoms with Gasteiger partial charge in [0.2, 0.25) is 0 Å². The van der Waals surface area contributed by atoms with Gasteiger partial charge < -0.3 is 14.4 Å². The number of ether oxygens (including phenoxy) is 2. The molecule has 2 heterocycles. The number of hydrogen-bond acceptors (Lipinski definition) is 4. The molecule has 32 heavy (non-hydrogen) atoms. The number of likely N-dealkylation sites (tertiary alicyclic amines) is 1. The Bertz CT molecular complexity index is 971. The molecule has 0 aliphatic carbocycles. The largest absolute Gasteiger partial charge is 0.493 e. The fourth-order valence-electron chi connectivity index (χ4n) is 4.13. The van der Waals surface area contributed by atoms with Crippen LogP contribution in [0.15, 0.2) is 48.5 Å². The topological polar surface area (TPSA) is 42.0 Å². The number of benzene rings is 2. The van der Waals surface area contributed by atoms with Gasteiger partial charge in [-0.2, -0.15) is 0 Å². The summed E-state index contributed by atoms with van der Waals surface area (Å²) in [5, 5.41) is 0.618. The fraction of sp³-hybridized carbons (Fsp3) is 0.400. The van der Waals surface area contributed by atoms with Gasteiger partial charge in [-0.3, -0.25) is 9.69 Å². The number of hydrogen-bond donors (Lipinski definition) is 0. The lowest BCUT2D eigenvalue weighted by Gasteiger charge is -2.30. The third-order valence-corrected chi connectivity index (χ3v) is 6.32. The number of halogens is 2. The Hall–Kier alpha value is -2.21. The summed E-state index contributed by atoms with van der Waals surface area (Å²) in [6.45, 7) is 6.57. The normalized spacial score (nSPS) is 17.2. The van der Waals surface area contributed by atoms with Gasteiger partial charge in [-0.05, 0) is 61.7 Å². The van der Waals surface area contributed by atoms with E-state index in [1.54, 1.807) is 18.1 Å². The van der Waals surface area contributed by atoms with Crippen LogP contribution in [0.25, 0.3) is 5.57 Å². The van der Waals surface area contributed by atoms with Gasteiger partial charge in [-0.25, -0.2) is 0 Å². The minimum Gasteiger partial charge on any atom is -0.493 e. The van der Waals surface area contributed by atoms with Gasteiger partial charge in [0.05, 0.1) is 7.11 Å². The number of amides is 1. The predicted molar refractivity (Wildman–Crippen MR) is 132 cm³/mol. The van der Waals surface area contributed by atoms with Crippen LogP contribution in [0.3, 0.4) is 0 Å². The van der Waals surface area contributed by atoms with E-state index in [9.17, 15) is 4.79 Å². The number of carbonyl (C=O) groups excluding carboxylic acids is 1. The number of methoxy groups -OCH3 is 1. The molecule has 0 aromatic heterocycles. The Kier molecular flexibility index (Phi) is 8.46. The van der Waals surface area contributed by atoms with Crippen LogP contribution in [0.2, 0.25) is 5.02 Å². The predicted octanol–water partition coefficient (Wildman–Crippen LogP) is 5.31. The Balaban J connectivity index is 0.00000289. The summed E-state index contributed by atoms with van der Waals surface area (Å²) in [5.74, 6) is 2.11. The van der Waals surface area contributed by atoms with Crippen LogP contribution in [0.1, 0.15) is 25.3 Å². The molecule has 172 valence electrons. The highest BCUT2D eigenvalue weighted by molar-refractivity contribution is 6.32. The highest BCUT2D eigenvalue weighted by atomic mass is 35.5. The lowest BCUT2D eigenvalue weighted by Crippen LogP contribution is -2.35. The van der Waals surface area contributed by atoms with Crippen LogP contribution >= 0.6 is 24.0 Å². The summed E-state index contributed by atoms with van der Waals surface area (Å²) < 4.78 is 11.6. The average molecular weight is 477 g/mol. The van der Waals surface area contributed by atoms with Crippen LogP contribution in [0.5, 0.6) is 11.5 Å². The van der Waals surface area contributed by atoms with Crippen LogP contribution in [-0.4, -0.2) is 50.7 Å². The van der Waals surface area contributed by atoms with Gasteiger partial charge >= 0.3 is 0 Å². The molecule has 1 amide bonds. The van der Waals surface area contributed by atoms with E-state index in [0.29, 0.717) is 35.2 Å². The van der Waals surface area contributed by atoms with Gasteiger partial charge in [0.15, 0.2) is 11.5 Å². The molecule has 2 aliphatic rings. The minimum absolute atomic E-state index is 0. The maximum atomic E-state index is 13.1. The molecule has 0 bridgehead atoms. The van der Waals surface area contributed by atoms with Crippen molar-refractivity contribution in [3.63, 3.8) is 0 Å². The van der Waals surface area contributed by atoms with E-state index < -0.39 is 0 Å². The standard InChI is InChI=1S/C25H29ClN2O3.ClH/c1-18-8-11-27(12-9-18)14-15-31-24-17-21(6-7-23(24)30-2)28-13-10-22(25(28)29)19-4-3-5-20(26)16-19;/h3-7,10,16-18H,8-9,11-15H2,1-2H3;1H. The van der Waals surface area contributed by atoms with Gasteiger partial charge in [-0.15, -0.1) is 12.4 Å². The lowest BCUT2D eigenvalue weighted by atomic mass is 9.99. The Morgan fingerprint density at radius 2 is 1.88 bits per heavy atom. The molecule has 4 rings (SSSR count). The second kappa shape index (κ2) is 11.1. The zero-order chi connectivity index (χ0) is 21.8. The molecule has 0 radical (unpaired) electrons. The van der Waals surface area contributed by atoms with E-state index in [0.717, 1.165) is 36.8 Å². The van der Waals surface area contributed by atoms with Crippen molar-refractivity contribution < 1.29 is 14.3 Å². The van der Waals surface area contributed by atoms with Gasteiger partial charge in [-0.1, -0.05) is 36.7 Å². The summed E-state index contributed by atoms with van der Waals surface area (Å²) in [7, 11) is 1.63. The lowest BCUT2D eigenvalue weighted by molar-refractivity contribution is -0.112. The van der Waals surface area contributed by atoms with E-state index >= 15 is 0 Å². The van der Waals surface area contributed by atoms with E-state index in [1.807, 2.05) is 42.5 Å². The van der Waals surface area contributed by atoms with Crippen molar-refractivity contribution in [2.24, 2.45) is 5.92 Å². The fourth-order valence-corrected chi connectivity index (χ4v) is 4.32. The molecule has 2 aliphatic heterocycles. The smallest absolute Gasteiger partial charge is 0.258 e. The molecular formula is C25H30Cl2N2O3. The summed E-state index contributed by atoms with van der Waals surface area (Å²) in [6.07, 6.45) is 4.44. The zero-order valence-corrected chi connectivity index (χ0v) is 20.1. The molecular weight excluding hydrogens is 447 g/mol. The molecule has 0 saturated carbocycles. The zero-order valence-electron chi connectivity index (χ0n) is 18.6. The molecule has 1 fully saturated rings. The maximum absolute atomic E-state index is 13.1. The van der Waals surface area contributed by atoms with Crippen molar-refractivity contribution in [3.8, 4) is 11.5 Å². The number of carbonyl (C=O) groups is 1. The number of nitrogens with zero attached hydrogens (tertiary/aromatic N) is 2. The van der Waals surface area contributed by atoms with Gasteiger partial charge in [0.25, 0.3) is 5.91 Å². The first kappa shape index (κ1) is 24.4. The first-order valence-corrected chi connectivity index (χ1v) is 11.2. The van der Waals surface area contributed by atoms with Crippen molar-refractivity contribution in [2.45, 2.75) is 19.8 Å². The summed E-state index contributed by atoms with van der Waals surface area (Å²) in [6, 6.07) is 13.0. The van der Waals surface area contributed by atoms with Gasteiger partial charge in [0.1, 0.15) is 6.61 Å². The molecule has 0 unspecified atom stereocenters. The van der Waals surface area contributed by atoms with Crippen LogP contribution in [0.4, 0.5) is 5.69 Å².